The molecule has 38 heavy (non-hydrogen) atoms. The highest BCUT2D eigenvalue weighted by atomic mass is 19.4. The van der Waals surface area contributed by atoms with E-state index in [4.69, 9.17) is 15.5 Å². The molecule has 0 unspecified atom stereocenters. The summed E-state index contributed by atoms with van der Waals surface area (Å²) in [5.41, 5.74) is 6.28. The van der Waals surface area contributed by atoms with Gasteiger partial charge in [0.05, 0.1) is 18.4 Å². The van der Waals surface area contributed by atoms with Gasteiger partial charge in [-0.25, -0.2) is 15.0 Å². The number of fused-ring (bicyclic) bond motifs is 1. The molecule has 1 spiro atoms. The maximum atomic E-state index is 14.0. The molecule has 3 aromatic heterocycles. The van der Waals surface area contributed by atoms with Crippen LogP contribution in [-0.2, 0) is 10.9 Å². The Kier molecular flexibility index (Phi) is 6.43. The summed E-state index contributed by atoms with van der Waals surface area (Å²) in [6.45, 7) is 5.95. The molecule has 0 saturated carbocycles. The third-order valence-electron chi connectivity index (χ3n) is 8.43. The maximum absolute atomic E-state index is 14.0. The Labute approximate surface area is 218 Å². The van der Waals surface area contributed by atoms with Crippen molar-refractivity contribution in [2.75, 3.05) is 43.0 Å². The van der Waals surface area contributed by atoms with Crippen molar-refractivity contribution in [3.05, 3.63) is 30.1 Å². The number of halogens is 3. The number of aromatic amines is 1. The summed E-state index contributed by atoms with van der Waals surface area (Å²) >= 11 is 0. The molecule has 204 valence electrons. The van der Waals surface area contributed by atoms with E-state index in [2.05, 4.69) is 30.5 Å². The monoisotopic (exact) mass is 530 g/mol. The lowest BCUT2D eigenvalue weighted by Gasteiger charge is -2.41. The molecular formula is C26H33F3N8O. The summed E-state index contributed by atoms with van der Waals surface area (Å²) in [4.78, 5) is 18.4. The number of alkyl halides is 3. The normalized spacial score (nSPS) is 25.8. The Morgan fingerprint density at radius 3 is 2.71 bits per heavy atom. The van der Waals surface area contributed by atoms with Gasteiger partial charge in [0.15, 0.2) is 0 Å². The van der Waals surface area contributed by atoms with Crippen molar-refractivity contribution in [1.82, 2.24) is 25.3 Å². The molecule has 6 heterocycles. The largest absolute Gasteiger partial charge is 0.419 e. The van der Waals surface area contributed by atoms with Crippen LogP contribution in [0.5, 0.6) is 0 Å². The summed E-state index contributed by atoms with van der Waals surface area (Å²) in [5, 5.41) is 7.05. The number of piperidine rings is 2. The smallest absolute Gasteiger partial charge is 0.376 e. The first-order valence-corrected chi connectivity index (χ1v) is 13.3. The number of nitrogens with zero attached hydrogens (tertiary/aromatic N) is 4. The van der Waals surface area contributed by atoms with Crippen molar-refractivity contribution in [2.45, 2.75) is 57.0 Å². The molecule has 0 amide bonds. The Morgan fingerprint density at radius 2 is 2.03 bits per heavy atom. The predicted molar refractivity (Wildman–Crippen MR) is 139 cm³/mol. The Morgan fingerprint density at radius 1 is 1.21 bits per heavy atom. The lowest BCUT2D eigenvalue weighted by Crippen LogP contribution is -2.50. The van der Waals surface area contributed by atoms with Crippen LogP contribution in [0.1, 0.15) is 38.2 Å². The fraction of sp³-hybridized carbons (Fsp3) is 0.577. The van der Waals surface area contributed by atoms with Crippen LogP contribution in [0.15, 0.2) is 24.5 Å². The van der Waals surface area contributed by atoms with Crippen LogP contribution < -0.4 is 21.3 Å². The highest BCUT2D eigenvalue weighted by molar-refractivity contribution is 5.94. The van der Waals surface area contributed by atoms with Crippen molar-refractivity contribution < 1.29 is 17.9 Å². The van der Waals surface area contributed by atoms with Gasteiger partial charge in [0.1, 0.15) is 17.0 Å². The molecule has 3 fully saturated rings. The van der Waals surface area contributed by atoms with Gasteiger partial charge in [-0.05, 0) is 51.3 Å². The van der Waals surface area contributed by atoms with E-state index in [1.807, 2.05) is 19.1 Å². The average molecular weight is 531 g/mol. The fourth-order valence-corrected chi connectivity index (χ4v) is 6.04. The SMILES string of the molecule is C[C@@H]1OCC2(CCN(c3ccc4c(-c5nc(N[C@H]6CCCNC6)ncc5C(F)(F)F)c[nH]c4n3)CC2)[C@@H]1N. The Hall–Kier alpha value is -2.96. The summed E-state index contributed by atoms with van der Waals surface area (Å²) < 4.78 is 47.7. The third-order valence-corrected chi connectivity index (χ3v) is 8.43. The van der Waals surface area contributed by atoms with Gasteiger partial charge < -0.3 is 31.0 Å². The average Bonchev–Trinajstić information content (AvgIpc) is 3.45. The number of ether oxygens (including phenoxy) is 1. The molecule has 0 aromatic carbocycles. The lowest BCUT2D eigenvalue weighted by atomic mass is 9.73. The highest BCUT2D eigenvalue weighted by Crippen LogP contribution is 2.42. The van der Waals surface area contributed by atoms with Crippen molar-refractivity contribution in [3.8, 4) is 11.3 Å². The number of rotatable bonds is 4. The summed E-state index contributed by atoms with van der Waals surface area (Å²) in [6, 6.07) is 3.78. The zero-order valence-electron chi connectivity index (χ0n) is 21.3. The molecule has 9 nitrogen and oxygen atoms in total. The molecule has 0 radical (unpaired) electrons. The van der Waals surface area contributed by atoms with E-state index in [-0.39, 0.29) is 35.2 Å². The van der Waals surface area contributed by atoms with Crippen molar-refractivity contribution in [2.24, 2.45) is 11.1 Å². The number of anilines is 2. The number of hydrogen-bond acceptors (Lipinski definition) is 8. The molecule has 0 aliphatic carbocycles. The van der Waals surface area contributed by atoms with Gasteiger partial charge in [-0.15, -0.1) is 0 Å². The van der Waals surface area contributed by atoms with Crippen LogP contribution in [0.3, 0.4) is 0 Å². The van der Waals surface area contributed by atoms with Crippen LogP contribution in [0, 0.1) is 5.41 Å². The molecule has 6 rings (SSSR count). The summed E-state index contributed by atoms with van der Waals surface area (Å²) in [5.74, 6) is 0.971. The van der Waals surface area contributed by atoms with Gasteiger partial charge >= 0.3 is 6.18 Å². The summed E-state index contributed by atoms with van der Waals surface area (Å²) in [6.07, 6.45) is 1.60. The molecular weight excluding hydrogens is 497 g/mol. The van der Waals surface area contributed by atoms with E-state index >= 15 is 0 Å². The lowest BCUT2D eigenvalue weighted by molar-refractivity contribution is -0.137. The van der Waals surface area contributed by atoms with E-state index in [0.29, 0.717) is 23.2 Å². The minimum Gasteiger partial charge on any atom is -0.376 e. The van der Waals surface area contributed by atoms with Gasteiger partial charge in [0, 0.05) is 60.5 Å². The highest BCUT2D eigenvalue weighted by Gasteiger charge is 2.47. The molecule has 0 bridgehead atoms. The number of pyridine rings is 1. The quantitative estimate of drug-likeness (QED) is 0.405. The van der Waals surface area contributed by atoms with Crippen LogP contribution >= 0.6 is 0 Å². The van der Waals surface area contributed by atoms with E-state index < -0.39 is 11.7 Å². The Balaban J connectivity index is 1.27. The fourth-order valence-electron chi connectivity index (χ4n) is 6.04. The number of nitrogens with two attached hydrogens (primary N) is 1. The van der Waals surface area contributed by atoms with Crippen LogP contribution in [0.25, 0.3) is 22.3 Å². The van der Waals surface area contributed by atoms with Gasteiger partial charge in [0.2, 0.25) is 5.95 Å². The van der Waals surface area contributed by atoms with E-state index in [0.717, 1.165) is 63.9 Å². The van der Waals surface area contributed by atoms with E-state index in [1.165, 1.54) is 0 Å². The second kappa shape index (κ2) is 9.65. The van der Waals surface area contributed by atoms with Crippen molar-refractivity contribution in [3.63, 3.8) is 0 Å². The number of H-pyrrole nitrogens is 1. The van der Waals surface area contributed by atoms with Crippen LogP contribution in [-0.4, -0.2) is 70.9 Å². The first-order chi connectivity index (χ1) is 18.2. The third kappa shape index (κ3) is 4.58. The topological polar surface area (TPSA) is 117 Å². The molecule has 3 saturated heterocycles. The molecule has 3 aromatic rings. The second-order valence-electron chi connectivity index (χ2n) is 10.8. The van der Waals surface area contributed by atoms with Crippen LogP contribution in [0.4, 0.5) is 24.9 Å². The van der Waals surface area contributed by atoms with Crippen molar-refractivity contribution in [1.29, 1.82) is 0 Å². The van der Waals surface area contributed by atoms with Gasteiger partial charge in [-0.2, -0.15) is 13.2 Å². The zero-order valence-corrected chi connectivity index (χ0v) is 21.3. The standard InChI is InChI=1S/C26H33F3N8O/c1-15-22(30)25(14-38-15)6-9-37(10-7-25)20-5-4-17-18(12-32-23(17)35-20)21-19(26(27,28)29)13-33-24(36-21)34-16-3-2-8-31-11-16/h4-5,12-13,15-16,22,31H,2-3,6-11,14,30H2,1H3,(H,32,35)(H,33,34,36)/t15-,16-,22+/m0/s1. The zero-order chi connectivity index (χ0) is 26.5. The van der Waals surface area contributed by atoms with Crippen LogP contribution in [0.2, 0.25) is 0 Å². The molecule has 3 aliphatic heterocycles. The molecule has 5 N–H and O–H groups in total. The van der Waals surface area contributed by atoms with Gasteiger partial charge in [0.25, 0.3) is 0 Å². The minimum absolute atomic E-state index is 0.0000601. The van der Waals surface area contributed by atoms with Crippen molar-refractivity contribution >= 4 is 22.8 Å². The molecule has 3 atom stereocenters. The molecule has 12 heteroatoms. The van der Waals surface area contributed by atoms with Gasteiger partial charge in [-0.3, -0.25) is 0 Å². The first kappa shape index (κ1) is 25.3. The first-order valence-electron chi connectivity index (χ1n) is 13.3. The Bertz CT molecular complexity index is 1300. The minimum atomic E-state index is -4.59. The number of aromatic nitrogens is 4. The number of nitrogens with one attached hydrogen (secondary N) is 3. The molecule has 3 aliphatic rings. The maximum Gasteiger partial charge on any atom is 0.419 e. The van der Waals surface area contributed by atoms with E-state index in [1.54, 1.807) is 6.20 Å². The second-order valence-corrected chi connectivity index (χ2v) is 10.8. The van der Waals surface area contributed by atoms with Gasteiger partial charge in [-0.1, -0.05) is 0 Å². The number of hydrogen-bond donors (Lipinski definition) is 4. The predicted octanol–water partition coefficient (Wildman–Crippen LogP) is 3.54. The summed E-state index contributed by atoms with van der Waals surface area (Å²) in [7, 11) is 0. The van der Waals surface area contributed by atoms with E-state index in [9.17, 15) is 13.2 Å².